The van der Waals surface area contributed by atoms with Crippen molar-refractivity contribution in [1.82, 2.24) is 14.9 Å². The van der Waals surface area contributed by atoms with Gasteiger partial charge in [0, 0.05) is 45.6 Å². The summed E-state index contributed by atoms with van der Waals surface area (Å²) in [5.41, 5.74) is -0.718. The van der Waals surface area contributed by atoms with Gasteiger partial charge in [0.1, 0.15) is 0 Å². The molecule has 0 bridgehead atoms. The highest BCUT2D eigenvalue weighted by molar-refractivity contribution is 5.33. The Morgan fingerprint density at radius 1 is 1.29 bits per heavy atom. The second kappa shape index (κ2) is 7.63. The van der Waals surface area contributed by atoms with Crippen LogP contribution in [-0.4, -0.2) is 78.6 Å². The molecule has 1 N–H and O–H groups in total. The van der Waals surface area contributed by atoms with Crippen LogP contribution in [0.4, 0.5) is 5.95 Å². The van der Waals surface area contributed by atoms with Gasteiger partial charge in [0.05, 0.1) is 25.4 Å². The van der Waals surface area contributed by atoms with Crippen LogP contribution in [0, 0.1) is 0 Å². The largest absolute Gasteiger partial charge is 0.481 e. The van der Waals surface area contributed by atoms with Gasteiger partial charge in [0.2, 0.25) is 11.8 Å². The average molecular weight is 336 g/mol. The summed E-state index contributed by atoms with van der Waals surface area (Å²) in [6.07, 6.45) is 5.89. The van der Waals surface area contributed by atoms with E-state index in [0.29, 0.717) is 31.0 Å². The summed E-state index contributed by atoms with van der Waals surface area (Å²) in [4.78, 5) is 13.2. The Kier molecular flexibility index (Phi) is 5.53. The molecule has 0 saturated carbocycles. The fourth-order valence-corrected chi connectivity index (χ4v) is 3.73. The van der Waals surface area contributed by atoms with Crippen LogP contribution in [0.2, 0.25) is 0 Å². The highest BCUT2D eigenvalue weighted by Crippen LogP contribution is 2.27. The maximum atomic E-state index is 11.1. The van der Waals surface area contributed by atoms with E-state index in [1.807, 2.05) is 0 Å². The Bertz CT molecular complexity index is 536. The SMILES string of the molecule is COc1ccnc(N2CCCC(O)(CN3CCC(OC)CC3)C2)n1. The highest BCUT2D eigenvalue weighted by Gasteiger charge is 2.36. The van der Waals surface area contributed by atoms with Crippen molar-refractivity contribution in [3.8, 4) is 5.88 Å². The van der Waals surface area contributed by atoms with Crippen molar-refractivity contribution >= 4 is 5.95 Å². The average Bonchev–Trinajstić information content (AvgIpc) is 2.62. The Morgan fingerprint density at radius 2 is 2.08 bits per heavy atom. The Balaban J connectivity index is 1.61. The molecular formula is C17H28N4O3. The van der Waals surface area contributed by atoms with Gasteiger partial charge in [-0.15, -0.1) is 0 Å². The van der Waals surface area contributed by atoms with E-state index in [0.717, 1.165) is 45.3 Å². The molecule has 1 aromatic heterocycles. The minimum absolute atomic E-state index is 0.365. The molecule has 2 saturated heterocycles. The zero-order valence-electron chi connectivity index (χ0n) is 14.6. The molecule has 134 valence electrons. The first kappa shape index (κ1) is 17.4. The molecule has 0 aromatic carbocycles. The third kappa shape index (κ3) is 4.15. The van der Waals surface area contributed by atoms with Crippen molar-refractivity contribution < 1.29 is 14.6 Å². The lowest BCUT2D eigenvalue weighted by atomic mass is 9.91. The number of anilines is 1. The fourth-order valence-electron chi connectivity index (χ4n) is 3.73. The smallest absolute Gasteiger partial charge is 0.228 e. The number of rotatable bonds is 5. The topological polar surface area (TPSA) is 71.0 Å². The van der Waals surface area contributed by atoms with Crippen LogP contribution in [0.1, 0.15) is 25.7 Å². The van der Waals surface area contributed by atoms with Crippen LogP contribution < -0.4 is 9.64 Å². The molecule has 1 unspecified atom stereocenters. The molecule has 2 aliphatic rings. The first-order chi connectivity index (χ1) is 11.6. The molecule has 3 rings (SSSR count). The third-order valence-corrected chi connectivity index (χ3v) is 5.05. The third-order valence-electron chi connectivity index (χ3n) is 5.05. The number of aliphatic hydroxyl groups is 1. The summed E-state index contributed by atoms with van der Waals surface area (Å²) in [6.45, 7) is 4.09. The van der Waals surface area contributed by atoms with E-state index in [9.17, 15) is 5.11 Å². The second-order valence-corrected chi connectivity index (χ2v) is 6.86. The summed E-state index contributed by atoms with van der Waals surface area (Å²) >= 11 is 0. The monoisotopic (exact) mass is 336 g/mol. The Hall–Kier alpha value is -1.44. The molecule has 0 spiro atoms. The van der Waals surface area contributed by atoms with E-state index in [2.05, 4.69) is 19.8 Å². The Morgan fingerprint density at radius 3 is 2.79 bits per heavy atom. The molecule has 7 heteroatoms. The molecule has 0 aliphatic carbocycles. The van der Waals surface area contributed by atoms with Gasteiger partial charge in [0.25, 0.3) is 0 Å². The van der Waals surface area contributed by atoms with Gasteiger partial charge >= 0.3 is 0 Å². The van der Waals surface area contributed by atoms with Gasteiger partial charge in [-0.3, -0.25) is 0 Å². The van der Waals surface area contributed by atoms with E-state index < -0.39 is 5.60 Å². The summed E-state index contributed by atoms with van der Waals surface area (Å²) in [7, 11) is 3.38. The number of hydrogen-bond acceptors (Lipinski definition) is 7. The van der Waals surface area contributed by atoms with Crippen molar-refractivity contribution in [2.24, 2.45) is 0 Å². The van der Waals surface area contributed by atoms with Crippen LogP contribution in [0.25, 0.3) is 0 Å². The van der Waals surface area contributed by atoms with Gasteiger partial charge in [-0.25, -0.2) is 4.98 Å². The number of aromatic nitrogens is 2. The maximum absolute atomic E-state index is 11.1. The number of piperidine rings is 2. The zero-order valence-corrected chi connectivity index (χ0v) is 14.6. The Labute approximate surface area is 143 Å². The van der Waals surface area contributed by atoms with E-state index in [4.69, 9.17) is 9.47 Å². The molecule has 2 aliphatic heterocycles. The van der Waals surface area contributed by atoms with Crippen molar-refractivity contribution in [2.45, 2.75) is 37.4 Å². The molecule has 3 heterocycles. The van der Waals surface area contributed by atoms with Crippen LogP contribution in [0.15, 0.2) is 12.3 Å². The van der Waals surface area contributed by atoms with Gasteiger partial charge in [-0.2, -0.15) is 4.98 Å². The van der Waals surface area contributed by atoms with Crippen molar-refractivity contribution in [3.05, 3.63) is 12.3 Å². The predicted molar refractivity (Wildman–Crippen MR) is 91.5 cm³/mol. The first-order valence-electron chi connectivity index (χ1n) is 8.71. The summed E-state index contributed by atoms with van der Waals surface area (Å²) in [5.74, 6) is 1.18. The highest BCUT2D eigenvalue weighted by atomic mass is 16.5. The minimum atomic E-state index is -0.718. The maximum Gasteiger partial charge on any atom is 0.228 e. The molecular weight excluding hydrogens is 308 g/mol. The molecule has 7 nitrogen and oxygen atoms in total. The molecule has 0 amide bonds. The summed E-state index contributed by atoms with van der Waals surface area (Å²) in [5, 5.41) is 11.1. The molecule has 24 heavy (non-hydrogen) atoms. The lowest BCUT2D eigenvalue weighted by Gasteiger charge is -2.43. The standard InChI is InChI=1S/C17H28N4O3/c1-23-14-5-10-20(11-6-14)12-17(22)7-3-9-21(13-17)16-18-8-4-15(19-16)24-2/h4,8,14,22H,3,5-7,9-13H2,1-2H3. The first-order valence-corrected chi connectivity index (χ1v) is 8.71. The van der Waals surface area contributed by atoms with Crippen molar-refractivity contribution in [3.63, 3.8) is 0 Å². The van der Waals surface area contributed by atoms with Gasteiger partial charge in [-0.1, -0.05) is 0 Å². The van der Waals surface area contributed by atoms with E-state index in [1.165, 1.54) is 0 Å². The van der Waals surface area contributed by atoms with E-state index in [-0.39, 0.29) is 0 Å². The zero-order chi connectivity index (χ0) is 17.0. The summed E-state index contributed by atoms with van der Waals surface area (Å²) < 4.78 is 10.6. The molecule has 1 atom stereocenters. The molecule has 0 radical (unpaired) electrons. The lowest BCUT2D eigenvalue weighted by molar-refractivity contribution is -0.0289. The van der Waals surface area contributed by atoms with Gasteiger partial charge < -0.3 is 24.4 Å². The van der Waals surface area contributed by atoms with E-state index in [1.54, 1.807) is 26.5 Å². The molecule has 2 fully saturated rings. The van der Waals surface area contributed by atoms with E-state index >= 15 is 0 Å². The predicted octanol–water partition coefficient (Wildman–Crippen LogP) is 0.927. The van der Waals surface area contributed by atoms with Crippen molar-refractivity contribution in [2.75, 3.05) is 51.8 Å². The number of β-amino-alcohol motifs (C(OH)–C–C–N with tert-alkyl or cyclic N) is 1. The van der Waals surface area contributed by atoms with Crippen LogP contribution in [0.5, 0.6) is 5.88 Å². The fraction of sp³-hybridized carbons (Fsp3) is 0.765. The molecule has 1 aromatic rings. The second-order valence-electron chi connectivity index (χ2n) is 6.86. The number of nitrogens with zero attached hydrogens (tertiary/aromatic N) is 4. The van der Waals surface area contributed by atoms with Crippen LogP contribution >= 0.6 is 0 Å². The summed E-state index contributed by atoms with van der Waals surface area (Å²) in [6, 6.07) is 1.74. The quantitative estimate of drug-likeness (QED) is 0.857. The minimum Gasteiger partial charge on any atom is -0.481 e. The number of likely N-dealkylation sites (tertiary alicyclic amines) is 1. The van der Waals surface area contributed by atoms with Crippen LogP contribution in [-0.2, 0) is 4.74 Å². The number of ether oxygens (including phenoxy) is 2. The normalized spacial score (nSPS) is 26.5. The van der Waals surface area contributed by atoms with Crippen LogP contribution in [0.3, 0.4) is 0 Å². The number of hydrogen-bond donors (Lipinski definition) is 1. The van der Waals surface area contributed by atoms with Crippen molar-refractivity contribution in [1.29, 1.82) is 0 Å². The lowest BCUT2D eigenvalue weighted by Crippen LogP contribution is -2.56. The number of methoxy groups -OCH3 is 2. The van der Waals surface area contributed by atoms with Gasteiger partial charge in [-0.05, 0) is 25.7 Å². The van der Waals surface area contributed by atoms with Gasteiger partial charge in [0.15, 0.2) is 0 Å².